The lowest BCUT2D eigenvalue weighted by Gasteiger charge is -2.20. The van der Waals surface area contributed by atoms with Crippen molar-refractivity contribution in [1.82, 2.24) is 0 Å². The Labute approximate surface area is 345 Å². The SMILES string of the molecule is CCCCC/C=C/C/C=C/C/C=C/C/C=C/CCCC(=O)OC[C@H](COP(=O)(O)OC[C@H](N)C(=O)O)OC(=O)CCCCCCCCCCCCCCCCCC. The van der Waals surface area contributed by atoms with E-state index in [1.807, 2.05) is 6.08 Å². The van der Waals surface area contributed by atoms with Gasteiger partial charge in [0.1, 0.15) is 12.6 Å². The summed E-state index contributed by atoms with van der Waals surface area (Å²) < 4.78 is 32.6. The van der Waals surface area contributed by atoms with Crippen LogP contribution in [0.15, 0.2) is 48.6 Å². The van der Waals surface area contributed by atoms with Crippen LogP contribution in [0.3, 0.4) is 0 Å². The number of ether oxygens (including phenoxy) is 2. The van der Waals surface area contributed by atoms with Crippen LogP contribution >= 0.6 is 7.82 Å². The maximum Gasteiger partial charge on any atom is 0.472 e. The van der Waals surface area contributed by atoms with Crippen LogP contribution in [-0.4, -0.2) is 59.9 Å². The van der Waals surface area contributed by atoms with Gasteiger partial charge in [-0.15, -0.1) is 0 Å². The van der Waals surface area contributed by atoms with Crippen LogP contribution in [0.2, 0.25) is 0 Å². The van der Waals surface area contributed by atoms with Gasteiger partial charge >= 0.3 is 25.7 Å². The second kappa shape index (κ2) is 40.2. The summed E-state index contributed by atoms with van der Waals surface area (Å²) in [7, 11) is -4.73. The molecule has 0 heterocycles. The number of phosphoric acid groups is 1. The second-order valence-corrected chi connectivity index (χ2v) is 16.3. The van der Waals surface area contributed by atoms with E-state index in [-0.39, 0.29) is 19.4 Å². The highest BCUT2D eigenvalue weighted by atomic mass is 31.2. The minimum Gasteiger partial charge on any atom is -0.480 e. The Balaban J connectivity index is 4.43. The number of aliphatic carboxylic acids is 1. The van der Waals surface area contributed by atoms with Crippen LogP contribution in [0.5, 0.6) is 0 Å². The first-order chi connectivity index (χ1) is 27.6. The number of hydrogen-bond acceptors (Lipinski definition) is 9. The van der Waals surface area contributed by atoms with Crippen LogP contribution in [-0.2, 0) is 37.5 Å². The predicted octanol–water partition coefficient (Wildman–Crippen LogP) is 11.8. The van der Waals surface area contributed by atoms with Crippen molar-refractivity contribution in [1.29, 1.82) is 0 Å². The van der Waals surface area contributed by atoms with Gasteiger partial charge in [0.2, 0.25) is 0 Å². The number of carbonyl (C=O) groups is 3. The van der Waals surface area contributed by atoms with Gasteiger partial charge in [-0.2, -0.15) is 0 Å². The zero-order valence-corrected chi connectivity index (χ0v) is 36.6. The summed E-state index contributed by atoms with van der Waals surface area (Å²) in [5, 5.41) is 8.89. The van der Waals surface area contributed by atoms with Crippen LogP contribution in [0.1, 0.15) is 187 Å². The molecule has 0 aliphatic carbocycles. The monoisotopic (exact) mass is 826 g/mol. The molecule has 0 aromatic rings. The molecule has 0 amide bonds. The quantitative estimate of drug-likeness (QED) is 0.0232. The molecule has 0 aliphatic rings. The van der Waals surface area contributed by atoms with Crippen molar-refractivity contribution >= 4 is 25.7 Å². The predicted molar refractivity (Wildman–Crippen MR) is 231 cm³/mol. The fourth-order valence-corrected chi connectivity index (χ4v) is 6.60. The number of esters is 2. The maximum absolute atomic E-state index is 12.6. The second-order valence-electron chi connectivity index (χ2n) is 14.8. The molecule has 0 aromatic heterocycles. The molecule has 57 heavy (non-hydrogen) atoms. The molecule has 0 aliphatic heterocycles. The molecule has 0 saturated heterocycles. The zero-order valence-electron chi connectivity index (χ0n) is 35.7. The van der Waals surface area contributed by atoms with Gasteiger partial charge in [0, 0.05) is 12.8 Å². The molecule has 4 N–H and O–H groups in total. The first-order valence-corrected chi connectivity index (χ1v) is 23.7. The van der Waals surface area contributed by atoms with Crippen molar-refractivity contribution in [3.8, 4) is 0 Å². The number of carbonyl (C=O) groups excluding carboxylic acids is 2. The molecular weight excluding hydrogens is 745 g/mol. The molecular formula is C45H80NO10P. The van der Waals surface area contributed by atoms with Crippen LogP contribution in [0.25, 0.3) is 0 Å². The first kappa shape index (κ1) is 54.4. The molecule has 330 valence electrons. The van der Waals surface area contributed by atoms with Gasteiger partial charge in [0.05, 0.1) is 13.2 Å². The third-order valence-corrected chi connectivity index (χ3v) is 10.3. The summed E-state index contributed by atoms with van der Waals surface area (Å²) in [4.78, 5) is 45.9. The molecule has 0 spiro atoms. The van der Waals surface area contributed by atoms with Gasteiger partial charge < -0.3 is 25.2 Å². The highest BCUT2D eigenvalue weighted by Crippen LogP contribution is 2.43. The van der Waals surface area contributed by atoms with Crippen molar-refractivity contribution in [2.75, 3.05) is 19.8 Å². The number of allylic oxidation sites excluding steroid dienone is 8. The summed E-state index contributed by atoms with van der Waals surface area (Å²) in [5.74, 6) is -2.45. The molecule has 1 unspecified atom stereocenters. The third kappa shape index (κ3) is 40.0. The van der Waals surface area contributed by atoms with E-state index in [0.717, 1.165) is 44.9 Å². The highest BCUT2D eigenvalue weighted by molar-refractivity contribution is 7.47. The molecule has 0 saturated carbocycles. The van der Waals surface area contributed by atoms with Gasteiger partial charge in [-0.3, -0.25) is 23.4 Å². The van der Waals surface area contributed by atoms with Crippen molar-refractivity contribution in [3.05, 3.63) is 48.6 Å². The van der Waals surface area contributed by atoms with Gasteiger partial charge in [-0.05, 0) is 51.4 Å². The molecule has 11 nitrogen and oxygen atoms in total. The lowest BCUT2D eigenvalue weighted by atomic mass is 10.0. The normalized spacial score (nSPS) is 14.2. The zero-order chi connectivity index (χ0) is 42.1. The minimum absolute atomic E-state index is 0.146. The number of carboxylic acids is 1. The molecule has 0 radical (unpaired) electrons. The van der Waals surface area contributed by atoms with Gasteiger partial charge in [-0.25, -0.2) is 4.57 Å². The van der Waals surface area contributed by atoms with Crippen LogP contribution < -0.4 is 5.73 Å². The number of rotatable bonds is 41. The number of unbranched alkanes of at least 4 members (excludes halogenated alkanes) is 19. The average Bonchev–Trinajstić information content (AvgIpc) is 3.19. The van der Waals surface area contributed by atoms with E-state index in [1.54, 1.807) is 0 Å². The number of phosphoric ester groups is 1. The van der Waals surface area contributed by atoms with E-state index < -0.39 is 51.1 Å². The molecule has 0 aromatic carbocycles. The summed E-state index contributed by atoms with van der Waals surface area (Å²) in [6, 6.07) is -1.53. The van der Waals surface area contributed by atoms with Crippen molar-refractivity contribution in [2.45, 2.75) is 199 Å². The molecule has 0 rings (SSSR count). The Morgan fingerprint density at radius 1 is 0.544 bits per heavy atom. The largest absolute Gasteiger partial charge is 0.480 e. The smallest absolute Gasteiger partial charge is 0.472 e. The van der Waals surface area contributed by atoms with E-state index in [2.05, 4.69) is 60.9 Å². The highest BCUT2D eigenvalue weighted by Gasteiger charge is 2.28. The maximum atomic E-state index is 12.6. The van der Waals surface area contributed by atoms with E-state index in [0.29, 0.717) is 19.3 Å². The molecule has 3 atom stereocenters. The number of nitrogens with two attached hydrogens (primary N) is 1. The minimum atomic E-state index is -4.73. The molecule has 0 fully saturated rings. The Morgan fingerprint density at radius 3 is 1.44 bits per heavy atom. The van der Waals surface area contributed by atoms with Crippen molar-refractivity contribution in [2.24, 2.45) is 5.73 Å². The summed E-state index contributed by atoms with van der Waals surface area (Å²) >= 11 is 0. The standard InChI is InChI=1S/C45H80NO10P/c1-3-5-7-9-11-13-15-17-19-21-23-24-26-28-30-32-34-36-43(47)53-38-41(39-54-57(51,52)55-40-42(46)45(49)50)56-44(48)37-35-33-31-29-27-25-22-20-18-16-14-12-10-8-6-4-2/h11,13,17,19,23-24,28,30,41-42H,3-10,12,14-16,18,20-22,25-27,29,31-40,46H2,1-2H3,(H,49,50)(H,51,52)/b13-11+,19-17+,24-23+,30-28+/t41-,42+/m1/s1. The van der Waals surface area contributed by atoms with E-state index >= 15 is 0 Å². The van der Waals surface area contributed by atoms with Crippen LogP contribution in [0, 0.1) is 0 Å². The Bertz CT molecular complexity index is 1150. The lowest BCUT2D eigenvalue weighted by Crippen LogP contribution is -2.34. The fourth-order valence-electron chi connectivity index (χ4n) is 5.82. The number of carboxylic acid groups (broad SMARTS) is 1. The van der Waals surface area contributed by atoms with Crippen molar-refractivity contribution in [3.63, 3.8) is 0 Å². The summed E-state index contributed by atoms with van der Waals surface area (Å²) in [6.07, 6.45) is 44.6. The lowest BCUT2D eigenvalue weighted by molar-refractivity contribution is -0.161. The Hall–Kier alpha value is -2.56. The Morgan fingerprint density at radius 2 is 0.947 bits per heavy atom. The van der Waals surface area contributed by atoms with Gasteiger partial charge in [0.15, 0.2) is 6.10 Å². The fraction of sp³-hybridized carbons (Fsp3) is 0.756. The summed E-state index contributed by atoms with van der Waals surface area (Å²) in [5.41, 5.74) is 5.33. The topological polar surface area (TPSA) is 172 Å². The summed E-state index contributed by atoms with van der Waals surface area (Å²) in [6.45, 7) is 2.73. The Kier molecular flexibility index (Phi) is 38.4. The van der Waals surface area contributed by atoms with E-state index in [4.69, 9.17) is 24.8 Å². The van der Waals surface area contributed by atoms with Gasteiger partial charge in [0.25, 0.3) is 0 Å². The van der Waals surface area contributed by atoms with Crippen LogP contribution in [0.4, 0.5) is 0 Å². The van der Waals surface area contributed by atoms with Crippen molar-refractivity contribution < 1.29 is 47.5 Å². The third-order valence-electron chi connectivity index (χ3n) is 9.33. The number of hydrogen-bond donors (Lipinski definition) is 3. The average molecular weight is 826 g/mol. The van der Waals surface area contributed by atoms with E-state index in [1.165, 1.54) is 96.3 Å². The van der Waals surface area contributed by atoms with E-state index in [9.17, 15) is 23.8 Å². The molecule has 12 heteroatoms. The first-order valence-electron chi connectivity index (χ1n) is 22.2. The van der Waals surface area contributed by atoms with Gasteiger partial charge in [-0.1, -0.05) is 172 Å². The molecule has 0 bridgehead atoms.